The summed E-state index contributed by atoms with van der Waals surface area (Å²) in [5, 5.41) is 18.2. The molecule has 1 saturated heterocycles. The first kappa shape index (κ1) is 51.6. The van der Waals surface area contributed by atoms with E-state index in [0.717, 1.165) is 24.8 Å². The Bertz CT molecular complexity index is 1560. The van der Waals surface area contributed by atoms with E-state index in [2.05, 4.69) is 22.9 Å². The van der Waals surface area contributed by atoms with Crippen molar-refractivity contribution in [3.8, 4) is 0 Å². The van der Waals surface area contributed by atoms with Gasteiger partial charge in [0.2, 0.25) is 35.4 Å². The van der Waals surface area contributed by atoms with Crippen LogP contribution in [0.15, 0.2) is 30.3 Å². The van der Waals surface area contributed by atoms with Gasteiger partial charge in [0.1, 0.15) is 18.1 Å². The van der Waals surface area contributed by atoms with Crippen LogP contribution in [0, 0.1) is 11.8 Å². The summed E-state index contributed by atoms with van der Waals surface area (Å²) in [6, 6.07) is 4.99. The van der Waals surface area contributed by atoms with Gasteiger partial charge in [-0.1, -0.05) is 70.9 Å². The second kappa shape index (κ2) is 25.9. The maximum atomic E-state index is 14.0. The fraction of sp³-hybridized carbons (Fsp3) is 0.705. The molecule has 8 atom stereocenters. The van der Waals surface area contributed by atoms with Gasteiger partial charge in [0.15, 0.2) is 0 Å². The summed E-state index contributed by atoms with van der Waals surface area (Å²) < 4.78 is 11.6. The highest BCUT2D eigenvalue weighted by atomic mass is 16.5. The average molecular weight is 845 g/mol. The van der Waals surface area contributed by atoms with Gasteiger partial charge in [-0.2, -0.15) is 0 Å². The minimum Gasteiger partial charge on any atom is -0.480 e. The van der Waals surface area contributed by atoms with Gasteiger partial charge in [0.25, 0.3) is 0 Å². The number of carboxylic acid groups (broad SMARTS) is 1. The van der Waals surface area contributed by atoms with Crippen molar-refractivity contribution in [2.75, 3.05) is 41.4 Å². The molecule has 1 unspecified atom stereocenters. The van der Waals surface area contributed by atoms with Gasteiger partial charge in [0.05, 0.1) is 36.6 Å². The highest BCUT2D eigenvalue weighted by molar-refractivity contribution is 5.92. The number of methoxy groups -OCH3 is 2. The number of hydrogen-bond donors (Lipinski definition) is 4. The van der Waals surface area contributed by atoms with E-state index < -0.39 is 72.0 Å². The molecule has 1 aliphatic heterocycles. The van der Waals surface area contributed by atoms with E-state index in [1.807, 2.05) is 6.07 Å². The normalized spacial score (nSPS) is 17.4. The van der Waals surface area contributed by atoms with Gasteiger partial charge >= 0.3 is 5.97 Å². The predicted molar refractivity (Wildman–Crippen MR) is 227 cm³/mol. The number of rotatable bonds is 26. The Balaban J connectivity index is 2.04. The maximum Gasteiger partial charge on any atom is 0.326 e. The number of unbranched alkanes of at least 4 members (excludes halogenated alkanes) is 2. The molecule has 1 heterocycles. The number of aliphatic carboxylic acids is 1. The third kappa shape index (κ3) is 15.5. The first-order chi connectivity index (χ1) is 28.4. The third-order valence-electron chi connectivity index (χ3n) is 11.7. The van der Waals surface area contributed by atoms with E-state index >= 15 is 0 Å². The number of nitrogens with one attached hydrogen (secondary N) is 3. The van der Waals surface area contributed by atoms with Gasteiger partial charge in [-0.3, -0.25) is 28.8 Å². The number of carboxylic acids is 1. The molecule has 4 N–H and O–H groups in total. The summed E-state index contributed by atoms with van der Waals surface area (Å²) in [5.41, 5.74) is 0.766. The van der Waals surface area contributed by atoms with Gasteiger partial charge in [-0.15, -0.1) is 0 Å². The fourth-order valence-electron chi connectivity index (χ4n) is 7.50. The van der Waals surface area contributed by atoms with Crippen LogP contribution in [0.2, 0.25) is 0 Å². The Morgan fingerprint density at radius 2 is 1.53 bits per heavy atom. The minimum absolute atomic E-state index is 0.0792. The first-order valence-corrected chi connectivity index (χ1v) is 21.4. The number of nitrogens with zero attached hydrogens (tertiary/aromatic N) is 3. The van der Waals surface area contributed by atoms with E-state index in [1.54, 1.807) is 70.8 Å². The van der Waals surface area contributed by atoms with Crippen molar-refractivity contribution >= 4 is 41.4 Å². The van der Waals surface area contributed by atoms with Crippen LogP contribution < -0.4 is 16.0 Å². The fourth-order valence-corrected chi connectivity index (χ4v) is 7.50. The molecule has 0 bridgehead atoms. The molecule has 0 aliphatic carbocycles. The van der Waals surface area contributed by atoms with Gasteiger partial charge < -0.3 is 45.2 Å². The van der Waals surface area contributed by atoms with E-state index in [0.29, 0.717) is 32.4 Å². The maximum absolute atomic E-state index is 14.0. The van der Waals surface area contributed by atoms with Crippen LogP contribution in [0.5, 0.6) is 0 Å². The van der Waals surface area contributed by atoms with E-state index in [-0.39, 0.29) is 49.3 Å². The van der Waals surface area contributed by atoms with Crippen LogP contribution >= 0.6 is 0 Å². The molecule has 16 nitrogen and oxygen atoms in total. The lowest BCUT2D eigenvalue weighted by atomic mass is 9.93. The lowest BCUT2D eigenvalue weighted by Gasteiger charge is -2.37. The summed E-state index contributed by atoms with van der Waals surface area (Å²) in [5.74, 6) is -4.30. The molecule has 1 aliphatic rings. The Kier molecular flexibility index (Phi) is 22.3. The van der Waals surface area contributed by atoms with Crippen molar-refractivity contribution in [3.05, 3.63) is 35.9 Å². The quantitative estimate of drug-likeness (QED) is 0.100. The minimum atomic E-state index is -1.16. The molecule has 1 aromatic carbocycles. The third-order valence-corrected chi connectivity index (χ3v) is 11.7. The smallest absolute Gasteiger partial charge is 0.326 e. The van der Waals surface area contributed by atoms with Gasteiger partial charge in [-0.05, 0) is 51.0 Å². The van der Waals surface area contributed by atoms with Crippen molar-refractivity contribution in [1.82, 2.24) is 30.7 Å². The Morgan fingerprint density at radius 1 is 0.867 bits per heavy atom. The molecule has 2 rings (SSSR count). The van der Waals surface area contributed by atoms with E-state index in [9.17, 15) is 38.7 Å². The number of benzene rings is 1. The van der Waals surface area contributed by atoms with Crippen molar-refractivity contribution in [2.24, 2.45) is 11.8 Å². The van der Waals surface area contributed by atoms with Crippen LogP contribution in [0.3, 0.4) is 0 Å². The van der Waals surface area contributed by atoms with E-state index in [4.69, 9.17) is 9.47 Å². The van der Waals surface area contributed by atoms with Crippen LogP contribution in [0.4, 0.5) is 0 Å². The molecule has 0 spiro atoms. The highest BCUT2D eigenvalue weighted by Crippen LogP contribution is 2.28. The van der Waals surface area contributed by atoms with Gasteiger partial charge in [-0.25, -0.2) is 4.79 Å². The standard InChI is InChI=1S/C44H72N6O10/c1-11-12-16-24-45-36(51)22-17-23-37(52)48(7)31(6)42(55)47-39(28(2)3)43(56)49(8)30(5)35(59-9)27-38(53)50-25-18-21-34(50)40(60-10)29(4)41(54)46-33(44(57)58)26-32-19-14-13-15-20-32/h13-15,19-20,28-31,33-35,39-40H,11-12,16-18,21-27H2,1-10H3,(H,45,51)(H,46,54)(H,47,55)(H,57,58)/t29-,30+,31+,33+,34?,35-,39+,40-/m1/s1. The second-order valence-corrected chi connectivity index (χ2v) is 16.4. The van der Waals surface area contributed by atoms with Crippen molar-refractivity contribution in [2.45, 2.75) is 148 Å². The molecule has 16 heteroatoms. The molecular weight excluding hydrogens is 773 g/mol. The van der Waals surface area contributed by atoms with Crippen LogP contribution in [0.1, 0.15) is 105 Å². The Morgan fingerprint density at radius 3 is 2.12 bits per heavy atom. The zero-order valence-electron chi connectivity index (χ0n) is 37.5. The number of likely N-dealkylation sites (tertiary alicyclic amines) is 1. The summed E-state index contributed by atoms with van der Waals surface area (Å²) in [6.07, 6.45) is 3.50. The Labute approximate surface area is 356 Å². The highest BCUT2D eigenvalue weighted by Gasteiger charge is 2.42. The van der Waals surface area contributed by atoms with Crippen molar-refractivity contribution in [1.29, 1.82) is 0 Å². The number of carbonyl (C=O) groups excluding carboxylic acids is 6. The van der Waals surface area contributed by atoms with Crippen LogP contribution in [0.25, 0.3) is 0 Å². The molecule has 0 saturated carbocycles. The molecule has 1 fully saturated rings. The second-order valence-electron chi connectivity index (χ2n) is 16.4. The van der Waals surface area contributed by atoms with Crippen molar-refractivity contribution < 1.29 is 48.1 Å². The summed E-state index contributed by atoms with van der Waals surface area (Å²) in [4.78, 5) is 96.3. The zero-order chi connectivity index (χ0) is 45.1. The first-order valence-electron chi connectivity index (χ1n) is 21.4. The monoisotopic (exact) mass is 845 g/mol. The number of hydrogen-bond acceptors (Lipinski definition) is 9. The predicted octanol–water partition coefficient (Wildman–Crippen LogP) is 3.16. The summed E-state index contributed by atoms with van der Waals surface area (Å²) in [6.45, 7) is 11.7. The number of ether oxygens (including phenoxy) is 2. The molecule has 60 heavy (non-hydrogen) atoms. The lowest BCUT2D eigenvalue weighted by molar-refractivity contribution is -0.147. The van der Waals surface area contributed by atoms with Crippen molar-refractivity contribution in [3.63, 3.8) is 0 Å². The molecular formula is C44H72N6O10. The molecule has 1 aromatic rings. The Hall–Kier alpha value is -4.57. The molecule has 0 aromatic heterocycles. The van der Waals surface area contributed by atoms with Crippen LogP contribution in [-0.4, -0.2) is 145 Å². The number of likely N-dealkylation sites (N-methyl/N-ethyl adjacent to an activating group) is 2. The topological polar surface area (TPSA) is 204 Å². The summed E-state index contributed by atoms with van der Waals surface area (Å²) in [7, 11) is 6.04. The van der Waals surface area contributed by atoms with E-state index in [1.165, 1.54) is 31.1 Å². The molecule has 338 valence electrons. The largest absolute Gasteiger partial charge is 0.480 e. The molecule has 6 amide bonds. The molecule has 0 radical (unpaired) electrons. The summed E-state index contributed by atoms with van der Waals surface area (Å²) >= 11 is 0. The number of amides is 6. The van der Waals surface area contributed by atoms with Gasteiger partial charge in [0, 0.05) is 60.7 Å². The zero-order valence-corrected chi connectivity index (χ0v) is 37.5. The average Bonchev–Trinajstić information content (AvgIpc) is 3.71. The lowest BCUT2D eigenvalue weighted by Crippen LogP contribution is -2.57. The van der Waals surface area contributed by atoms with Crippen LogP contribution in [-0.2, 0) is 49.5 Å². The SMILES string of the molecule is CCCCCNC(=O)CCCC(=O)N(C)[C@@H](C)C(=O)N[C@H](C(=O)N(C)[C@@H](C)[C@@H](CC(=O)N1CCCC1[C@H](OC)[C@@H](C)C(=O)N[C@@H](Cc1ccccc1)C(=O)O)OC)C(C)C. The number of carbonyl (C=O) groups is 7.